The number of hydroxylamine groups is 2. The van der Waals surface area contributed by atoms with Gasteiger partial charge in [0, 0.05) is 35.0 Å². The van der Waals surface area contributed by atoms with Gasteiger partial charge >= 0.3 is 0 Å². The smallest absolute Gasteiger partial charge is 0.117 e. The number of hydrogen-bond donors (Lipinski definition) is 3. The minimum Gasteiger partial charge on any atom is -0.378 e. The van der Waals surface area contributed by atoms with Crippen molar-refractivity contribution in [2.75, 3.05) is 6.54 Å². The van der Waals surface area contributed by atoms with E-state index in [0.29, 0.717) is 6.54 Å². The first-order chi connectivity index (χ1) is 5.24. The van der Waals surface area contributed by atoms with E-state index < -0.39 is 6.23 Å². The van der Waals surface area contributed by atoms with Crippen molar-refractivity contribution in [3.63, 3.8) is 0 Å². The molecule has 64 valence electrons. The first-order valence-corrected chi connectivity index (χ1v) is 4.48. The van der Waals surface area contributed by atoms with Gasteiger partial charge in [-0.15, -0.1) is 0 Å². The van der Waals surface area contributed by atoms with E-state index in [4.69, 9.17) is 5.21 Å². The molecule has 0 spiro atoms. The Bertz CT molecular complexity index is 154. The molecule has 1 rings (SSSR count). The maximum Gasteiger partial charge on any atom is 0.117 e. The summed E-state index contributed by atoms with van der Waals surface area (Å²) < 4.78 is 2.71. The van der Waals surface area contributed by atoms with Crippen LogP contribution in [0, 0.1) is 5.92 Å². The first kappa shape index (κ1) is 9.24. The lowest BCUT2D eigenvalue weighted by atomic mass is 10.0. The Kier molecular flexibility index (Phi) is 3.57. The van der Waals surface area contributed by atoms with E-state index in [1.54, 1.807) is 6.20 Å². The van der Waals surface area contributed by atoms with E-state index in [1.165, 1.54) is 0 Å². The summed E-state index contributed by atoms with van der Waals surface area (Å²) in [4.78, 5) is 0. The Labute approximate surface area is 79.3 Å². The average Bonchev–Trinajstić information content (AvgIpc) is 2.03. The van der Waals surface area contributed by atoms with Gasteiger partial charge in [-0.1, -0.05) is 6.08 Å². The molecule has 0 aromatic heterocycles. The van der Waals surface area contributed by atoms with Gasteiger partial charge in [-0.05, 0) is 6.42 Å². The minimum atomic E-state index is -0.546. The molecular weight excluding hydrogens is 259 g/mol. The quantitative estimate of drug-likeness (QED) is 0.388. The molecule has 0 amide bonds. The molecule has 3 N–H and O–H groups in total. The molecule has 1 aliphatic heterocycles. The van der Waals surface area contributed by atoms with Crippen LogP contribution in [0.4, 0.5) is 0 Å². The Hall–Kier alpha value is 0.150. The SMILES string of the molecule is OC(NI)C1CC=CN(O)C1. The van der Waals surface area contributed by atoms with Crippen LogP contribution in [0.3, 0.4) is 0 Å². The van der Waals surface area contributed by atoms with Crippen molar-refractivity contribution in [3.05, 3.63) is 12.3 Å². The third-order valence-corrected chi connectivity index (χ3v) is 2.33. The molecule has 1 heterocycles. The fourth-order valence-electron chi connectivity index (χ4n) is 1.05. The summed E-state index contributed by atoms with van der Waals surface area (Å²) in [6, 6.07) is 0. The van der Waals surface area contributed by atoms with Gasteiger partial charge in [-0.25, -0.2) is 3.53 Å². The van der Waals surface area contributed by atoms with E-state index in [2.05, 4.69) is 3.53 Å². The standard InChI is InChI=1S/C6H11IN2O2/c7-8-6(10)5-2-1-3-9(11)4-5/h1,3,5-6,8,10-11H,2,4H2. The molecule has 11 heavy (non-hydrogen) atoms. The molecule has 0 bridgehead atoms. The van der Waals surface area contributed by atoms with Crippen molar-refractivity contribution in [2.24, 2.45) is 5.92 Å². The second-order valence-electron chi connectivity index (χ2n) is 2.56. The molecule has 0 radical (unpaired) electrons. The highest BCUT2D eigenvalue weighted by Crippen LogP contribution is 2.15. The molecule has 4 nitrogen and oxygen atoms in total. The summed E-state index contributed by atoms with van der Waals surface area (Å²) in [6.07, 6.45) is 3.70. The van der Waals surface area contributed by atoms with Crippen LogP contribution < -0.4 is 3.53 Å². The van der Waals surface area contributed by atoms with Crippen molar-refractivity contribution in [3.8, 4) is 0 Å². The molecule has 2 atom stereocenters. The fourth-order valence-corrected chi connectivity index (χ4v) is 1.56. The number of rotatable bonds is 2. The topological polar surface area (TPSA) is 55.7 Å². The van der Waals surface area contributed by atoms with E-state index >= 15 is 0 Å². The number of nitrogens with one attached hydrogen (secondary N) is 1. The third kappa shape index (κ3) is 2.58. The summed E-state index contributed by atoms with van der Waals surface area (Å²) in [5.41, 5.74) is 0. The van der Waals surface area contributed by atoms with Gasteiger partial charge in [0.05, 0.1) is 6.54 Å². The number of aliphatic hydroxyl groups excluding tert-OH is 1. The summed E-state index contributed by atoms with van der Waals surface area (Å²) in [5, 5.41) is 19.4. The van der Waals surface area contributed by atoms with Gasteiger partial charge < -0.3 is 5.11 Å². The second kappa shape index (κ2) is 4.24. The summed E-state index contributed by atoms with van der Waals surface area (Å²) in [6.45, 7) is 0.480. The molecule has 5 heteroatoms. The summed E-state index contributed by atoms with van der Waals surface area (Å²) >= 11 is 1.90. The van der Waals surface area contributed by atoms with Crippen LogP contribution in [-0.2, 0) is 0 Å². The van der Waals surface area contributed by atoms with Gasteiger partial charge in [0.15, 0.2) is 0 Å². The number of hydrogen-bond acceptors (Lipinski definition) is 4. The minimum absolute atomic E-state index is 0.0712. The zero-order chi connectivity index (χ0) is 8.27. The first-order valence-electron chi connectivity index (χ1n) is 3.40. The second-order valence-corrected chi connectivity index (χ2v) is 3.18. The Morgan fingerprint density at radius 1 is 1.73 bits per heavy atom. The fraction of sp³-hybridized carbons (Fsp3) is 0.667. The van der Waals surface area contributed by atoms with Crippen LogP contribution in [0.25, 0.3) is 0 Å². The summed E-state index contributed by atoms with van der Waals surface area (Å²) in [7, 11) is 0. The Balaban J connectivity index is 2.42. The molecule has 2 unspecified atom stereocenters. The van der Waals surface area contributed by atoms with Crippen LogP contribution in [-0.4, -0.2) is 28.1 Å². The van der Waals surface area contributed by atoms with Gasteiger partial charge in [0.1, 0.15) is 6.23 Å². The lowest BCUT2D eigenvalue weighted by molar-refractivity contribution is -0.0748. The Morgan fingerprint density at radius 3 is 3.00 bits per heavy atom. The molecule has 0 aromatic carbocycles. The van der Waals surface area contributed by atoms with Gasteiger partial charge in [-0.2, -0.15) is 0 Å². The molecule has 0 aromatic rings. The molecule has 0 fully saturated rings. The molecular formula is C6H11IN2O2. The van der Waals surface area contributed by atoms with Gasteiger partial charge in [-0.3, -0.25) is 10.3 Å². The van der Waals surface area contributed by atoms with E-state index in [1.807, 2.05) is 28.9 Å². The molecule has 0 aliphatic carbocycles. The number of halogens is 1. The number of aliphatic hydroxyl groups is 1. The highest BCUT2D eigenvalue weighted by molar-refractivity contribution is 14.1. The van der Waals surface area contributed by atoms with Crippen LogP contribution >= 0.6 is 22.9 Å². The van der Waals surface area contributed by atoms with Crippen molar-refractivity contribution >= 4 is 22.9 Å². The normalized spacial score (nSPS) is 27.2. The van der Waals surface area contributed by atoms with Gasteiger partial charge in [0.25, 0.3) is 0 Å². The van der Waals surface area contributed by atoms with E-state index in [-0.39, 0.29) is 5.92 Å². The van der Waals surface area contributed by atoms with Crippen LogP contribution in [0.5, 0.6) is 0 Å². The van der Waals surface area contributed by atoms with Crippen LogP contribution in [0.1, 0.15) is 6.42 Å². The van der Waals surface area contributed by atoms with E-state index in [0.717, 1.165) is 11.5 Å². The van der Waals surface area contributed by atoms with Crippen LogP contribution in [0.2, 0.25) is 0 Å². The van der Waals surface area contributed by atoms with Crippen molar-refractivity contribution in [1.82, 2.24) is 8.59 Å². The summed E-state index contributed by atoms with van der Waals surface area (Å²) in [5.74, 6) is 0.0712. The average molecular weight is 270 g/mol. The lowest BCUT2D eigenvalue weighted by Gasteiger charge is -2.27. The Morgan fingerprint density at radius 2 is 2.45 bits per heavy atom. The maximum atomic E-state index is 9.31. The zero-order valence-corrected chi connectivity index (χ0v) is 8.10. The number of allylic oxidation sites excluding steroid dienone is 1. The molecule has 0 saturated carbocycles. The van der Waals surface area contributed by atoms with E-state index in [9.17, 15) is 5.11 Å². The lowest BCUT2D eigenvalue weighted by Crippen LogP contribution is -2.37. The number of nitrogens with zero attached hydrogens (tertiary/aromatic N) is 1. The van der Waals surface area contributed by atoms with Crippen LogP contribution in [0.15, 0.2) is 12.3 Å². The predicted octanol–water partition coefficient (Wildman–Crippen LogP) is 0.469. The molecule has 0 saturated heterocycles. The predicted molar refractivity (Wildman–Crippen MR) is 48.9 cm³/mol. The monoisotopic (exact) mass is 270 g/mol. The largest absolute Gasteiger partial charge is 0.378 e. The van der Waals surface area contributed by atoms with Gasteiger partial charge in [0.2, 0.25) is 0 Å². The highest BCUT2D eigenvalue weighted by atomic mass is 127. The highest BCUT2D eigenvalue weighted by Gasteiger charge is 2.20. The van der Waals surface area contributed by atoms with Crippen molar-refractivity contribution < 1.29 is 10.3 Å². The third-order valence-electron chi connectivity index (χ3n) is 1.70. The zero-order valence-electron chi connectivity index (χ0n) is 5.94. The molecule has 1 aliphatic rings. The van der Waals surface area contributed by atoms with Crippen molar-refractivity contribution in [1.29, 1.82) is 0 Å². The maximum absolute atomic E-state index is 9.31. The van der Waals surface area contributed by atoms with Crippen molar-refractivity contribution in [2.45, 2.75) is 12.6 Å².